The molecule has 0 aliphatic carbocycles. The maximum atomic E-state index is 13.6. The smallest absolute Gasteiger partial charge is 0.301 e. The van der Waals surface area contributed by atoms with Crippen LogP contribution in [-0.4, -0.2) is 35.0 Å². The number of ketones is 1. The summed E-state index contributed by atoms with van der Waals surface area (Å²) in [6, 6.07) is 17.8. The van der Waals surface area contributed by atoms with E-state index in [-0.39, 0.29) is 17.4 Å². The lowest BCUT2D eigenvalue weighted by Crippen LogP contribution is -2.29. The first kappa shape index (κ1) is 25.1. The minimum Gasteiger partial charge on any atom is -0.507 e. The zero-order valence-corrected chi connectivity index (χ0v) is 22.9. The van der Waals surface area contributed by atoms with Crippen molar-refractivity contribution in [2.24, 2.45) is 0 Å². The molecule has 0 saturated carbocycles. The highest BCUT2D eigenvalue weighted by Gasteiger charge is 2.48. The van der Waals surface area contributed by atoms with Crippen LogP contribution >= 0.6 is 11.3 Å². The number of anilines is 1. The van der Waals surface area contributed by atoms with E-state index in [1.807, 2.05) is 49.4 Å². The fraction of sp³-hybridized carbons (Fsp3) is 0.258. The molecule has 3 heterocycles. The monoisotopic (exact) mass is 540 g/mol. The second kappa shape index (κ2) is 9.54. The number of carbonyl (C=O) groups excluding carboxylic acids is 2. The molecule has 3 aromatic carbocycles. The Labute approximate surface area is 230 Å². The Morgan fingerprint density at radius 3 is 2.59 bits per heavy atom. The SMILES string of the molecule is COc1ccc2nc(N3C(=O)C(=O)/C(=C(/O)c4ccc5c(c4)C[C@H](C)O5)[C@@H]3c3ccc(C(C)C)cc3)sc2c1. The van der Waals surface area contributed by atoms with Gasteiger partial charge in [-0.25, -0.2) is 4.98 Å². The molecule has 1 saturated heterocycles. The minimum absolute atomic E-state index is 0.0418. The fourth-order valence-corrected chi connectivity index (χ4v) is 6.28. The van der Waals surface area contributed by atoms with Gasteiger partial charge in [0.05, 0.1) is 28.9 Å². The first-order chi connectivity index (χ1) is 18.7. The van der Waals surface area contributed by atoms with E-state index >= 15 is 0 Å². The van der Waals surface area contributed by atoms with Crippen LogP contribution < -0.4 is 14.4 Å². The normalized spacial score (nSPS) is 20.1. The molecule has 1 fully saturated rings. The van der Waals surface area contributed by atoms with E-state index in [0.717, 1.165) is 27.1 Å². The van der Waals surface area contributed by atoms with Crippen LogP contribution in [0.2, 0.25) is 0 Å². The molecule has 0 radical (unpaired) electrons. The minimum atomic E-state index is -0.836. The van der Waals surface area contributed by atoms with Gasteiger partial charge in [0.1, 0.15) is 23.4 Å². The largest absolute Gasteiger partial charge is 0.507 e. The summed E-state index contributed by atoms with van der Waals surface area (Å²) in [4.78, 5) is 33.3. The van der Waals surface area contributed by atoms with Crippen LogP contribution in [0.25, 0.3) is 16.0 Å². The first-order valence-corrected chi connectivity index (χ1v) is 13.7. The van der Waals surface area contributed by atoms with Crippen molar-refractivity contribution in [2.75, 3.05) is 12.0 Å². The van der Waals surface area contributed by atoms with E-state index in [9.17, 15) is 14.7 Å². The maximum Gasteiger partial charge on any atom is 0.301 e. The number of thiazole rings is 1. The van der Waals surface area contributed by atoms with Crippen molar-refractivity contribution in [1.82, 2.24) is 4.98 Å². The molecule has 1 aromatic heterocycles. The highest BCUT2D eigenvalue weighted by molar-refractivity contribution is 7.22. The van der Waals surface area contributed by atoms with Crippen molar-refractivity contribution in [3.05, 3.63) is 88.5 Å². The lowest BCUT2D eigenvalue weighted by Gasteiger charge is -2.23. The number of hydrogen-bond donors (Lipinski definition) is 1. The van der Waals surface area contributed by atoms with Gasteiger partial charge in [-0.3, -0.25) is 14.5 Å². The lowest BCUT2D eigenvalue weighted by atomic mass is 9.93. The van der Waals surface area contributed by atoms with Crippen molar-refractivity contribution in [3.8, 4) is 11.5 Å². The van der Waals surface area contributed by atoms with Gasteiger partial charge in [0.15, 0.2) is 5.13 Å². The summed E-state index contributed by atoms with van der Waals surface area (Å²) in [6.07, 6.45) is 0.750. The van der Waals surface area contributed by atoms with Gasteiger partial charge in [0, 0.05) is 12.0 Å². The van der Waals surface area contributed by atoms with Gasteiger partial charge in [0.2, 0.25) is 0 Å². The lowest BCUT2D eigenvalue weighted by molar-refractivity contribution is -0.132. The maximum absolute atomic E-state index is 13.6. The molecular weight excluding hydrogens is 512 g/mol. The van der Waals surface area contributed by atoms with Crippen LogP contribution in [0.15, 0.2) is 66.2 Å². The molecule has 7 nitrogen and oxygen atoms in total. The number of benzene rings is 3. The van der Waals surface area contributed by atoms with Crippen LogP contribution in [0.1, 0.15) is 55.0 Å². The number of aliphatic hydroxyl groups is 1. The molecule has 4 aromatic rings. The zero-order valence-electron chi connectivity index (χ0n) is 22.1. The molecule has 0 bridgehead atoms. The van der Waals surface area contributed by atoms with Gasteiger partial charge in [-0.2, -0.15) is 0 Å². The number of nitrogens with zero attached hydrogens (tertiary/aromatic N) is 2. The van der Waals surface area contributed by atoms with E-state index in [1.165, 1.54) is 16.2 Å². The molecule has 2 atom stereocenters. The quantitative estimate of drug-likeness (QED) is 0.180. The van der Waals surface area contributed by atoms with Crippen molar-refractivity contribution >= 4 is 44.1 Å². The summed E-state index contributed by atoms with van der Waals surface area (Å²) >= 11 is 1.30. The van der Waals surface area contributed by atoms with Crippen molar-refractivity contribution in [3.63, 3.8) is 0 Å². The van der Waals surface area contributed by atoms with E-state index in [2.05, 4.69) is 13.8 Å². The molecule has 2 aliphatic heterocycles. The third kappa shape index (κ3) is 4.25. The number of methoxy groups -OCH3 is 1. The van der Waals surface area contributed by atoms with Gasteiger partial charge in [-0.05, 0) is 65.9 Å². The number of ether oxygens (including phenoxy) is 2. The van der Waals surface area contributed by atoms with E-state index in [4.69, 9.17) is 14.5 Å². The number of hydrogen-bond acceptors (Lipinski definition) is 7. The predicted octanol–water partition coefficient (Wildman–Crippen LogP) is 6.38. The van der Waals surface area contributed by atoms with Crippen LogP contribution in [0, 0.1) is 0 Å². The van der Waals surface area contributed by atoms with Crippen LogP contribution in [-0.2, 0) is 16.0 Å². The molecular formula is C31H28N2O5S. The highest BCUT2D eigenvalue weighted by Crippen LogP contribution is 2.45. The standard InChI is InChI=1S/C31H28N2O5S/c1-16(2)18-5-7-19(8-6-18)27-26(28(34)20-9-12-24-21(14-20)13-17(3)38-24)29(35)30(36)33(27)31-32-23-11-10-22(37-4)15-25(23)39-31/h5-12,14-17,27,34H,13H2,1-4H3/b28-26+/t17-,27-/m0/s1. The van der Waals surface area contributed by atoms with E-state index < -0.39 is 17.7 Å². The second-order valence-electron chi connectivity index (χ2n) is 10.3. The number of aromatic nitrogens is 1. The zero-order chi connectivity index (χ0) is 27.4. The molecule has 8 heteroatoms. The number of rotatable bonds is 5. The highest BCUT2D eigenvalue weighted by atomic mass is 32.1. The van der Waals surface area contributed by atoms with Crippen molar-refractivity contribution in [2.45, 2.75) is 45.3 Å². The van der Waals surface area contributed by atoms with Crippen molar-refractivity contribution in [1.29, 1.82) is 0 Å². The Morgan fingerprint density at radius 1 is 1.10 bits per heavy atom. The molecule has 6 rings (SSSR count). The molecule has 1 N–H and O–H groups in total. The number of fused-ring (bicyclic) bond motifs is 2. The van der Waals surface area contributed by atoms with Gasteiger partial charge in [-0.1, -0.05) is 49.4 Å². The Kier molecular flexibility index (Phi) is 6.14. The molecule has 0 spiro atoms. The van der Waals surface area contributed by atoms with E-state index in [0.29, 0.717) is 34.3 Å². The van der Waals surface area contributed by atoms with Crippen LogP contribution in [0.5, 0.6) is 11.5 Å². The van der Waals surface area contributed by atoms with Gasteiger partial charge in [-0.15, -0.1) is 0 Å². The topological polar surface area (TPSA) is 89.0 Å². The molecule has 0 unspecified atom stereocenters. The van der Waals surface area contributed by atoms with Crippen LogP contribution in [0.3, 0.4) is 0 Å². The third-order valence-electron chi connectivity index (χ3n) is 7.32. The Balaban J connectivity index is 1.52. The molecule has 39 heavy (non-hydrogen) atoms. The molecule has 2 aliphatic rings. The average Bonchev–Trinajstić information content (AvgIpc) is 3.59. The number of aliphatic hydroxyl groups excluding tert-OH is 1. The summed E-state index contributed by atoms with van der Waals surface area (Å²) in [5.41, 5.74) is 4.02. The Morgan fingerprint density at radius 2 is 1.87 bits per heavy atom. The summed E-state index contributed by atoms with van der Waals surface area (Å²) in [5, 5.41) is 11.9. The summed E-state index contributed by atoms with van der Waals surface area (Å²) < 4.78 is 12.0. The number of carbonyl (C=O) groups is 2. The first-order valence-electron chi connectivity index (χ1n) is 12.9. The third-order valence-corrected chi connectivity index (χ3v) is 8.34. The molecule has 1 amide bonds. The summed E-state index contributed by atoms with van der Waals surface area (Å²) in [5.74, 6) is 0.0892. The summed E-state index contributed by atoms with van der Waals surface area (Å²) in [7, 11) is 1.59. The van der Waals surface area contributed by atoms with Gasteiger partial charge < -0.3 is 14.6 Å². The van der Waals surface area contributed by atoms with Crippen LogP contribution in [0.4, 0.5) is 5.13 Å². The Bertz CT molecular complexity index is 1650. The Hall–Kier alpha value is -4.17. The van der Waals surface area contributed by atoms with Gasteiger partial charge >= 0.3 is 5.91 Å². The average molecular weight is 541 g/mol. The summed E-state index contributed by atoms with van der Waals surface area (Å²) in [6.45, 7) is 6.20. The number of amides is 1. The second-order valence-corrected chi connectivity index (χ2v) is 11.3. The molecule has 198 valence electrons. The van der Waals surface area contributed by atoms with Gasteiger partial charge in [0.25, 0.3) is 5.78 Å². The predicted molar refractivity (Wildman–Crippen MR) is 152 cm³/mol. The fourth-order valence-electron chi connectivity index (χ4n) is 5.26. The van der Waals surface area contributed by atoms with Crippen molar-refractivity contribution < 1.29 is 24.2 Å². The van der Waals surface area contributed by atoms with E-state index in [1.54, 1.807) is 25.3 Å². The number of Topliss-reactive ketones (excluding diaryl/α,β-unsaturated/α-hetero) is 1.